The minimum absolute atomic E-state index is 0.291. The second-order valence-corrected chi connectivity index (χ2v) is 4.13. The van der Waals surface area contributed by atoms with Crippen LogP contribution in [0.2, 0.25) is 0 Å². The lowest BCUT2D eigenvalue weighted by Crippen LogP contribution is -2.04. The summed E-state index contributed by atoms with van der Waals surface area (Å²) in [5.74, 6) is 0. The first-order valence-electron chi connectivity index (χ1n) is 5.43. The molecule has 1 aromatic heterocycles. The zero-order chi connectivity index (χ0) is 11.4. The first-order chi connectivity index (χ1) is 8.34. The molecular weight excluding hydrogens is 214 g/mol. The van der Waals surface area contributed by atoms with Gasteiger partial charge in [0.2, 0.25) is 0 Å². The molecule has 0 saturated carbocycles. The third-order valence-electron chi connectivity index (χ3n) is 3.16. The first-order valence-corrected chi connectivity index (χ1v) is 5.43. The zero-order valence-corrected chi connectivity index (χ0v) is 8.84. The lowest BCUT2D eigenvalue weighted by molar-refractivity contribution is 1.00. The SMILES string of the molecule is O=c1nnc2c3c4c(cccc14)N=C3CC=C2. The van der Waals surface area contributed by atoms with Gasteiger partial charge in [0.1, 0.15) is 0 Å². The van der Waals surface area contributed by atoms with Crippen molar-refractivity contribution in [1.82, 2.24) is 10.2 Å². The Kier molecular flexibility index (Phi) is 1.47. The van der Waals surface area contributed by atoms with E-state index in [9.17, 15) is 4.79 Å². The standard InChI is InChI=1S/C13H7N3O/c17-13-7-3-1-4-8-11(7)12-9(14-8)5-2-6-10(12)15-16-13/h1-4,6H,5H2. The minimum atomic E-state index is -0.291. The van der Waals surface area contributed by atoms with Gasteiger partial charge in [-0.2, -0.15) is 0 Å². The maximum Gasteiger partial charge on any atom is 0.296 e. The van der Waals surface area contributed by atoms with E-state index < -0.39 is 0 Å². The van der Waals surface area contributed by atoms with Crippen LogP contribution >= 0.6 is 0 Å². The van der Waals surface area contributed by atoms with E-state index in [1.165, 1.54) is 0 Å². The van der Waals surface area contributed by atoms with Gasteiger partial charge in [-0.25, -0.2) is 0 Å². The van der Waals surface area contributed by atoms with Crippen molar-refractivity contribution < 1.29 is 0 Å². The van der Waals surface area contributed by atoms with Gasteiger partial charge in [0.25, 0.3) is 5.56 Å². The van der Waals surface area contributed by atoms with E-state index in [1.54, 1.807) is 6.07 Å². The maximum absolute atomic E-state index is 11.9. The normalized spacial score (nSPS) is 15.2. The Hall–Kier alpha value is -2.36. The molecular formula is C13H7N3O. The minimum Gasteiger partial charge on any atom is -0.265 e. The fourth-order valence-corrected chi connectivity index (χ4v) is 2.45. The Morgan fingerprint density at radius 1 is 1.18 bits per heavy atom. The molecule has 2 aromatic rings. The van der Waals surface area contributed by atoms with E-state index in [0.29, 0.717) is 5.39 Å². The monoisotopic (exact) mass is 221 g/mol. The van der Waals surface area contributed by atoms with Crippen molar-refractivity contribution in [2.24, 2.45) is 4.99 Å². The van der Waals surface area contributed by atoms with Crippen molar-refractivity contribution >= 4 is 28.2 Å². The van der Waals surface area contributed by atoms with Crippen LogP contribution < -0.4 is 5.56 Å². The van der Waals surface area contributed by atoms with E-state index in [-0.39, 0.29) is 5.56 Å². The fourth-order valence-electron chi connectivity index (χ4n) is 2.45. The van der Waals surface area contributed by atoms with Gasteiger partial charge < -0.3 is 0 Å². The summed E-state index contributed by atoms with van der Waals surface area (Å²) >= 11 is 0. The maximum atomic E-state index is 11.9. The molecule has 4 nitrogen and oxygen atoms in total. The third-order valence-corrected chi connectivity index (χ3v) is 3.16. The molecule has 1 aromatic carbocycles. The van der Waals surface area contributed by atoms with Gasteiger partial charge >= 0.3 is 0 Å². The molecule has 17 heavy (non-hydrogen) atoms. The first kappa shape index (κ1) is 8.75. The molecule has 0 spiro atoms. The number of rotatable bonds is 0. The van der Waals surface area contributed by atoms with E-state index >= 15 is 0 Å². The highest BCUT2D eigenvalue weighted by Crippen LogP contribution is 2.37. The number of benzene rings is 1. The molecule has 0 unspecified atom stereocenters. The second-order valence-electron chi connectivity index (χ2n) is 4.13. The van der Waals surface area contributed by atoms with Gasteiger partial charge in [0.15, 0.2) is 0 Å². The second kappa shape index (κ2) is 2.85. The van der Waals surface area contributed by atoms with Crippen molar-refractivity contribution in [3.63, 3.8) is 0 Å². The van der Waals surface area contributed by atoms with E-state index in [4.69, 9.17) is 0 Å². The van der Waals surface area contributed by atoms with Crippen LogP contribution in [0, 0.1) is 0 Å². The van der Waals surface area contributed by atoms with Crippen molar-refractivity contribution in [3.8, 4) is 0 Å². The van der Waals surface area contributed by atoms with Gasteiger partial charge in [-0.05, 0) is 18.2 Å². The summed E-state index contributed by atoms with van der Waals surface area (Å²) in [5.41, 5.74) is 3.27. The molecule has 2 heterocycles. The van der Waals surface area contributed by atoms with Crippen LogP contribution in [0.1, 0.15) is 17.7 Å². The fraction of sp³-hybridized carbons (Fsp3) is 0.0769. The number of hydrogen-bond acceptors (Lipinski definition) is 4. The van der Waals surface area contributed by atoms with Crippen LogP contribution in [0.25, 0.3) is 16.8 Å². The molecule has 0 radical (unpaired) electrons. The quantitative estimate of drug-likeness (QED) is 0.682. The van der Waals surface area contributed by atoms with E-state index in [2.05, 4.69) is 15.2 Å². The number of aromatic nitrogens is 2. The molecule has 0 amide bonds. The van der Waals surface area contributed by atoms with Crippen molar-refractivity contribution in [1.29, 1.82) is 0 Å². The average Bonchev–Trinajstić information content (AvgIpc) is 2.67. The van der Waals surface area contributed by atoms with Crippen LogP contribution in [-0.2, 0) is 0 Å². The zero-order valence-electron chi connectivity index (χ0n) is 8.84. The predicted octanol–water partition coefficient (Wildman–Crippen LogP) is 1.84. The highest BCUT2D eigenvalue weighted by atomic mass is 16.1. The molecule has 0 saturated heterocycles. The molecule has 1 aliphatic carbocycles. The summed E-state index contributed by atoms with van der Waals surface area (Å²) in [6.07, 6.45) is 4.69. The highest BCUT2D eigenvalue weighted by molar-refractivity contribution is 6.22. The van der Waals surface area contributed by atoms with Crippen molar-refractivity contribution in [2.45, 2.75) is 6.42 Å². The lowest BCUT2D eigenvalue weighted by Gasteiger charge is -2.04. The van der Waals surface area contributed by atoms with E-state index in [1.807, 2.05) is 24.3 Å². The summed E-state index contributed by atoms with van der Waals surface area (Å²) < 4.78 is 0. The number of aliphatic imine (C=N–C) groups is 1. The van der Waals surface area contributed by atoms with Gasteiger partial charge in [-0.3, -0.25) is 9.79 Å². The van der Waals surface area contributed by atoms with Gasteiger partial charge in [-0.1, -0.05) is 12.1 Å². The molecule has 4 rings (SSSR count). The molecule has 0 fully saturated rings. The van der Waals surface area contributed by atoms with E-state index in [0.717, 1.165) is 34.5 Å². The van der Waals surface area contributed by atoms with Crippen LogP contribution in [0.3, 0.4) is 0 Å². The largest absolute Gasteiger partial charge is 0.296 e. The summed E-state index contributed by atoms with van der Waals surface area (Å²) in [4.78, 5) is 16.4. The molecule has 0 N–H and O–H groups in total. The molecule has 0 bridgehead atoms. The van der Waals surface area contributed by atoms with Crippen molar-refractivity contribution in [2.75, 3.05) is 0 Å². The molecule has 0 atom stereocenters. The van der Waals surface area contributed by atoms with Crippen LogP contribution in [0.4, 0.5) is 5.69 Å². The number of nitrogens with zero attached hydrogens (tertiary/aromatic N) is 3. The lowest BCUT2D eigenvalue weighted by atomic mass is 9.98. The number of allylic oxidation sites excluding steroid dienone is 1. The smallest absolute Gasteiger partial charge is 0.265 e. The van der Waals surface area contributed by atoms with Crippen molar-refractivity contribution in [3.05, 3.63) is 45.9 Å². The average molecular weight is 221 g/mol. The topological polar surface area (TPSA) is 55.2 Å². The summed E-state index contributed by atoms with van der Waals surface area (Å²) in [7, 11) is 0. The van der Waals surface area contributed by atoms with Gasteiger partial charge in [0.05, 0.1) is 22.5 Å². The summed E-state index contributed by atoms with van der Waals surface area (Å²) in [6.45, 7) is 0. The van der Waals surface area contributed by atoms with Gasteiger partial charge in [-0.15, -0.1) is 10.2 Å². The van der Waals surface area contributed by atoms with Gasteiger partial charge in [0, 0.05) is 17.4 Å². The van der Waals surface area contributed by atoms with Crippen LogP contribution in [0.15, 0.2) is 34.1 Å². The Balaban J connectivity index is 2.39. The number of hydrogen-bond donors (Lipinski definition) is 0. The summed E-state index contributed by atoms with van der Waals surface area (Å²) in [5, 5.41) is 9.25. The Morgan fingerprint density at radius 3 is 3.06 bits per heavy atom. The Bertz CT molecular complexity index is 790. The molecule has 2 aliphatic rings. The molecule has 1 aliphatic heterocycles. The molecule has 4 heteroatoms. The Morgan fingerprint density at radius 2 is 2.12 bits per heavy atom. The highest BCUT2D eigenvalue weighted by Gasteiger charge is 2.23. The molecule has 80 valence electrons. The Labute approximate surface area is 96.3 Å². The van der Waals surface area contributed by atoms with Crippen LogP contribution in [-0.4, -0.2) is 15.9 Å². The predicted molar refractivity (Wildman–Crippen MR) is 65.7 cm³/mol. The van der Waals surface area contributed by atoms with Crippen LogP contribution in [0.5, 0.6) is 0 Å². The third kappa shape index (κ3) is 1.02. The summed E-state index contributed by atoms with van der Waals surface area (Å²) in [6, 6.07) is 5.54.